The van der Waals surface area contributed by atoms with Gasteiger partial charge in [0.25, 0.3) is 11.6 Å². The van der Waals surface area contributed by atoms with Crippen LogP contribution in [-0.2, 0) is 9.53 Å². The molecular formula is C16H17N3O4. The van der Waals surface area contributed by atoms with E-state index < -0.39 is 10.8 Å². The minimum atomic E-state index is -0.490. The number of allylic oxidation sites excluding steroid dienone is 2. The Morgan fingerprint density at radius 3 is 2.87 bits per heavy atom. The van der Waals surface area contributed by atoms with Crippen LogP contribution in [0.3, 0.4) is 0 Å². The van der Waals surface area contributed by atoms with Crippen molar-refractivity contribution in [1.29, 1.82) is 5.26 Å². The van der Waals surface area contributed by atoms with Gasteiger partial charge in [-0.25, -0.2) is 0 Å². The molecule has 0 fully saturated rings. The highest BCUT2D eigenvalue weighted by Gasteiger charge is 2.09. The molecule has 23 heavy (non-hydrogen) atoms. The minimum Gasteiger partial charge on any atom is -0.385 e. The number of hydrogen-bond acceptors (Lipinski definition) is 5. The second-order valence-electron chi connectivity index (χ2n) is 4.47. The molecule has 0 radical (unpaired) electrons. The number of methoxy groups -OCH3 is 1. The van der Waals surface area contributed by atoms with Gasteiger partial charge in [0.15, 0.2) is 0 Å². The normalized spacial score (nSPS) is 11.2. The Morgan fingerprint density at radius 1 is 1.48 bits per heavy atom. The number of nitro groups is 1. The van der Waals surface area contributed by atoms with Crippen molar-refractivity contribution in [2.24, 2.45) is 0 Å². The minimum absolute atomic E-state index is 0.0420. The molecule has 0 aromatic heterocycles. The van der Waals surface area contributed by atoms with Crippen LogP contribution >= 0.6 is 0 Å². The fourth-order valence-electron chi connectivity index (χ4n) is 1.72. The smallest absolute Gasteiger partial charge is 0.276 e. The highest BCUT2D eigenvalue weighted by atomic mass is 16.6. The quantitative estimate of drug-likeness (QED) is 0.198. The van der Waals surface area contributed by atoms with Gasteiger partial charge in [-0.2, -0.15) is 5.26 Å². The van der Waals surface area contributed by atoms with Crippen molar-refractivity contribution in [3.8, 4) is 6.07 Å². The van der Waals surface area contributed by atoms with Gasteiger partial charge >= 0.3 is 0 Å². The number of nitrogens with one attached hydrogen (secondary N) is 1. The summed E-state index contributed by atoms with van der Waals surface area (Å²) >= 11 is 0. The second-order valence-corrected chi connectivity index (χ2v) is 4.47. The number of para-hydroxylation sites is 1. The fourth-order valence-corrected chi connectivity index (χ4v) is 1.72. The lowest BCUT2D eigenvalue weighted by molar-refractivity contribution is -0.385. The third kappa shape index (κ3) is 6.11. The number of carbonyl (C=O) groups is 1. The zero-order valence-corrected chi connectivity index (χ0v) is 12.7. The SMILES string of the molecule is COCCCNC(=O)/C(C#N)=C/C=C/c1ccccc1[N+](=O)[O-]. The number of nitriles is 1. The molecule has 120 valence electrons. The zero-order chi connectivity index (χ0) is 17.1. The van der Waals surface area contributed by atoms with Gasteiger partial charge in [-0.15, -0.1) is 0 Å². The number of carbonyl (C=O) groups excluding carboxylic acids is 1. The maximum Gasteiger partial charge on any atom is 0.276 e. The first-order valence-corrected chi connectivity index (χ1v) is 6.89. The molecule has 0 saturated carbocycles. The molecule has 7 heteroatoms. The largest absolute Gasteiger partial charge is 0.385 e. The molecule has 0 spiro atoms. The topological polar surface area (TPSA) is 105 Å². The van der Waals surface area contributed by atoms with E-state index in [2.05, 4.69) is 5.32 Å². The van der Waals surface area contributed by atoms with Crippen molar-refractivity contribution >= 4 is 17.7 Å². The molecule has 0 atom stereocenters. The summed E-state index contributed by atoms with van der Waals surface area (Å²) in [6.45, 7) is 0.920. The monoisotopic (exact) mass is 315 g/mol. The predicted molar refractivity (Wildman–Crippen MR) is 85.3 cm³/mol. The summed E-state index contributed by atoms with van der Waals surface area (Å²) in [6.07, 6.45) is 4.89. The third-order valence-corrected chi connectivity index (χ3v) is 2.85. The van der Waals surface area contributed by atoms with Crippen molar-refractivity contribution in [3.63, 3.8) is 0 Å². The first-order valence-electron chi connectivity index (χ1n) is 6.89. The van der Waals surface area contributed by atoms with Crippen molar-refractivity contribution in [3.05, 3.63) is 57.7 Å². The van der Waals surface area contributed by atoms with Gasteiger partial charge in [-0.3, -0.25) is 14.9 Å². The molecule has 0 bridgehead atoms. The second kappa shape index (κ2) is 9.87. The molecule has 0 aliphatic carbocycles. The lowest BCUT2D eigenvalue weighted by Gasteiger charge is -2.02. The first kappa shape index (κ1) is 18.1. The molecule has 1 aromatic rings. The zero-order valence-electron chi connectivity index (χ0n) is 12.7. The average molecular weight is 315 g/mol. The number of ether oxygens (including phenoxy) is 1. The van der Waals surface area contributed by atoms with E-state index in [0.717, 1.165) is 0 Å². The van der Waals surface area contributed by atoms with Gasteiger partial charge in [0.1, 0.15) is 11.6 Å². The Balaban J connectivity index is 2.75. The number of hydrogen-bond donors (Lipinski definition) is 1. The highest BCUT2D eigenvalue weighted by Crippen LogP contribution is 2.18. The van der Waals surface area contributed by atoms with Gasteiger partial charge in [-0.05, 0) is 24.6 Å². The van der Waals surface area contributed by atoms with Crippen LogP contribution < -0.4 is 5.32 Å². The molecule has 1 aromatic carbocycles. The first-order chi connectivity index (χ1) is 11.1. The van der Waals surface area contributed by atoms with Crippen molar-refractivity contribution in [1.82, 2.24) is 5.32 Å². The standard InChI is InChI=1S/C16H17N3O4/c1-23-11-5-10-18-16(20)14(12-17)8-4-7-13-6-2-3-9-15(13)19(21)22/h2-4,6-9H,5,10-11H2,1H3,(H,18,20)/b7-4+,14-8+. The van der Waals surface area contributed by atoms with Crippen LogP contribution in [0.5, 0.6) is 0 Å². The van der Waals surface area contributed by atoms with Crippen LogP contribution in [0.4, 0.5) is 5.69 Å². The molecule has 1 N–H and O–H groups in total. The molecule has 7 nitrogen and oxygen atoms in total. The number of nitro benzene ring substituents is 1. The van der Waals surface area contributed by atoms with Gasteiger partial charge in [-0.1, -0.05) is 18.2 Å². The summed E-state index contributed by atoms with van der Waals surface area (Å²) in [5, 5.41) is 22.5. The van der Waals surface area contributed by atoms with E-state index in [1.807, 2.05) is 0 Å². The molecule has 1 rings (SSSR count). The Bertz CT molecular complexity index is 660. The van der Waals surface area contributed by atoms with E-state index in [1.54, 1.807) is 31.4 Å². The molecule has 0 aliphatic rings. The Hall–Kier alpha value is -2.98. The summed E-state index contributed by atoms with van der Waals surface area (Å²) in [6, 6.07) is 8.01. The van der Waals surface area contributed by atoms with Crippen LogP contribution in [0, 0.1) is 21.4 Å². The van der Waals surface area contributed by atoms with Crippen LogP contribution in [0.1, 0.15) is 12.0 Å². The van der Waals surface area contributed by atoms with Crippen LogP contribution in [0.15, 0.2) is 42.0 Å². The number of nitrogens with zero attached hydrogens (tertiary/aromatic N) is 2. The molecule has 0 aliphatic heterocycles. The molecule has 0 saturated heterocycles. The van der Waals surface area contributed by atoms with E-state index in [9.17, 15) is 14.9 Å². The summed E-state index contributed by atoms with van der Waals surface area (Å²) < 4.78 is 4.86. The summed E-state index contributed by atoms with van der Waals surface area (Å²) in [5.74, 6) is -0.490. The number of amides is 1. The average Bonchev–Trinajstić information content (AvgIpc) is 2.55. The van der Waals surface area contributed by atoms with Crippen molar-refractivity contribution in [2.45, 2.75) is 6.42 Å². The highest BCUT2D eigenvalue weighted by molar-refractivity contribution is 5.97. The van der Waals surface area contributed by atoms with Crippen LogP contribution in [-0.4, -0.2) is 31.1 Å². The van der Waals surface area contributed by atoms with Gasteiger partial charge in [0.05, 0.1) is 10.5 Å². The predicted octanol–water partition coefficient (Wildman–Crippen LogP) is 2.21. The van der Waals surface area contributed by atoms with Crippen molar-refractivity contribution < 1.29 is 14.5 Å². The van der Waals surface area contributed by atoms with Gasteiger partial charge in [0.2, 0.25) is 0 Å². The maximum absolute atomic E-state index is 11.8. The molecule has 0 heterocycles. The molecule has 0 unspecified atom stereocenters. The molecule has 1 amide bonds. The van der Waals surface area contributed by atoms with E-state index in [-0.39, 0.29) is 11.3 Å². The lowest BCUT2D eigenvalue weighted by atomic mass is 10.1. The summed E-state index contributed by atoms with van der Waals surface area (Å²) in [5.41, 5.74) is 0.281. The van der Waals surface area contributed by atoms with E-state index >= 15 is 0 Å². The fraction of sp³-hybridized carbons (Fsp3) is 0.250. The van der Waals surface area contributed by atoms with E-state index in [1.165, 1.54) is 24.3 Å². The lowest BCUT2D eigenvalue weighted by Crippen LogP contribution is -2.26. The van der Waals surface area contributed by atoms with Gasteiger partial charge in [0, 0.05) is 26.3 Å². The van der Waals surface area contributed by atoms with Crippen LogP contribution in [0.2, 0.25) is 0 Å². The maximum atomic E-state index is 11.8. The number of rotatable bonds is 8. The Kier molecular flexibility index (Phi) is 7.75. The van der Waals surface area contributed by atoms with E-state index in [4.69, 9.17) is 10.00 Å². The third-order valence-electron chi connectivity index (χ3n) is 2.85. The number of benzene rings is 1. The van der Waals surface area contributed by atoms with E-state index in [0.29, 0.717) is 25.1 Å². The van der Waals surface area contributed by atoms with Crippen LogP contribution in [0.25, 0.3) is 6.08 Å². The Morgan fingerprint density at radius 2 is 2.22 bits per heavy atom. The van der Waals surface area contributed by atoms with Gasteiger partial charge < -0.3 is 10.1 Å². The summed E-state index contributed by atoms with van der Waals surface area (Å²) in [4.78, 5) is 22.2. The molecular weight excluding hydrogens is 298 g/mol. The Labute approximate surface area is 134 Å². The van der Waals surface area contributed by atoms with Crippen molar-refractivity contribution in [2.75, 3.05) is 20.3 Å². The summed E-state index contributed by atoms with van der Waals surface area (Å²) in [7, 11) is 1.57.